The molecule has 0 saturated carbocycles. The summed E-state index contributed by atoms with van der Waals surface area (Å²) in [5.41, 5.74) is 0.588. The molecule has 1 atom stereocenters. The van der Waals surface area contributed by atoms with Gasteiger partial charge in [-0.3, -0.25) is 9.20 Å². The van der Waals surface area contributed by atoms with E-state index in [0.29, 0.717) is 12.1 Å². The van der Waals surface area contributed by atoms with Gasteiger partial charge in [0.25, 0.3) is 5.91 Å². The number of nitrogens with one attached hydrogen (secondary N) is 1. The minimum atomic E-state index is -3.52. The standard InChI is InChI=1S/C14H20N4O3S/c1-10(17(2)3)9-15-13(19)12-11-7-5-6-8-18(11)14(16-12)22(4,20)21/h5-8,10H,9H2,1-4H3,(H,15,19)/t10-/m0/s1. The molecule has 22 heavy (non-hydrogen) atoms. The Morgan fingerprint density at radius 1 is 1.41 bits per heavy atom. The number of nitrogens with zero attached hydrogens (tertiary/aromatic N) is 3. The van der Waals surface area contributed by atoms with Gasteiger partial charge >= 0.3 is 0 Å². The maximum Gasteiger partial charge on any atom is 0.272 e. The number of sulfone groups is 1. The molecule has 0 aromatic carbocycles. The van der Waals surface area contributed by atoms with Crippen molar-refractivity contribution in [3.05, 3.63) is 30.1 Å². The molecule has 120 valence electrons. The van der Waals surface area contributed by atoms with Gasteiger partial charge in [-0.2, -0.15) is 0 Å². The van der Waals surface area contributed by atoms with E-state index in [1.165, 1.54) is 4.40 Å². The highest BCUT2D eigenvalue weighted by Gasteiger charge is 2.22. The van der Waals surface area contributed by atoms with Gasteiger partial charge in [-0.05, 0) is 33.2 Å². The number of imidazole rings is 1. The van der Waals surface area contributed by atoms with Crippen LogP contribution in [-0.4, -0.2) is 61.5 Å². The SMILES string of the molecule is C[C@@H](CNC(=O)c1nc(S(C)(=O)=O)n2ccccc12)N(C)C. The van der Waals surface area contributed by atoms with Gasteiger partial charge in [0.05, 0.1) is 5.52 Å². The van der Waals surface area contributed by atoms with Gasteiger partial charge in [-0.15, -0.1) is 0 Å². The number of hydrogen-bond acceptors (Lipinski definition) is 5. The highest BCUT2D eigenvalue weighted by atomic mass is 32.2. The maximum atomic E-state index is 12.3. The van der Waals surface area contributed by atoms with E-state index in [1.807, 2.05) is 25.9 Å². The summed E-state index contributed by atoms with van der Waals surface area (Å²) in [6.07, 6.45) is 2.66. The van der Waals surface area contributed by atoms with Crippen LogP contribution in [0.4, 0.5) is 0 Å². The van der Waals surface area contributed by atoms with E-state index in [2.05, 4.69) is 10.3 Å². The molecule has 1 N–H and O–H groups in total. The lowest BCUT2D eigenvalue weighted by molar-refractivity contribution is 0.0940. The Morgan fingerprint density at radius 2 is 2.09 bits per heavy atom. The van der Waals surface area contributed by atoms with Crippen molar-refractivity contribution in [3.63, 3.8) is 0 Å². The molecule has 0 spiro atoms. The Balaban J connectivity index is 2.38. The molecule has 2 rings (SSSR count). The first kappa shape index (κ1) is 16.4. The van der Waals surface area contributed by atoms with Crippen LogP contribution in [0, 0.1) is 0 Å². The van der Waals surface area contributed by atoms with E-state index in [-0.39, 0.29) is 22.8 Å². The first-order valence-corrected chi connectivity index (χ1v) is 8.72. The number of rotatable bonds is 5. The first-order valence-electron chi connectivity index (χ1n) is 6.83. The second-order valence-electron chi connectivity index (χ2n) is 5.49. The molecule has 8 heteroatoms. The number of fused-ring (bicyclic) bond motifs is 1. The predicted octanol–water partition coefficient (Wildman–Crippen LogP) is 0.418. The minimum Gasteiger partial charge on any atom is -0.349 e. The summed E-state index contributed by atoms with van der Waals surface area (Å²) in [7, 11) is 0.319. The molecule has 7 nitrogen and oxygen atoms in total. The predicted molar refractivity (Wildman–Crippen MR) is 83.8 cm³/mol. The van der Waals surface area contributed by atoms with Crippen molar-refractivity contribution in [2.45, 2.75) is 18.1 Å². The van der Waals surface area contributed by atoms with Crippen LogP contribution in [0.5, 0.6) is 0 Å². The summed E-state index contributed by atoms with van der Waals surface area (Å²) in [4.78, 5) is 18.3. The molecule has 0 radical (unpaired) electrons. The average molecular weight is 324 g/mol. The number of amides is 1. The summed E-state index contributed by atoms with van der Waals surface area (Å²) < 4.78 is 25.0. The number of likely N-dealkylation sites (N-methyl/N-ethyl adjacent to an activating group) is 1. The van der Waals surface area contributed by atoms with Crippen molar-refractivity contribution in [2.24, 2.45) is 0 Å². The van der Waals surface area contributed by atoms with Crippen LogP contribution in [0.25, 0.3) is 5.52 Å². The molecular weight excluding hydrogens is 304 g/mol. The van der Waals surface area contributed by atoms with Gasteiger partial charge in [0.1, 0.15) is 0 Å². The monoisotopic (exact) mass is 324 g/mol. The quantitative estimate of drug-likeness (QED) is 0.861. The molecule has 0 fully saturated rings. The molecule has 1 amide bonds. The second kappa shape index (κ2) is 6.05. The molecule has 0 aliphatic rings. The number of carbonyl (C=O) groups excluding carboxylic acids is 1. The van der Waals surface area contributed by atoms with Gasteiger partial charge in [-0.1, -0.05) is 6.07 Å². The molecule has 0 saturated heterocycles. The van der Waals surface area contributed by atoms with E-state index in [9.17, 15) is 13.2 Å². The maximum absolute atomic E-state index is 12.3. The van der Waals surface area contributed by atoms with Crippen LogP contribution in [0.1, 0.15) is 17.4 Å². The summed E-state index contributed by atoms with van der Waals surface area (Å²) in [6, 6.07) is 5.26. The smallest absolute Gasteiger partial charge is 0.272 e. The molecule has 0 aliphatic heterocycles. The van der Waals surface area contributed by atoms with Crippen molar-refractivity contribution in [2.75, 3.05) is 26.9 Å². The lowest BCUT2D eigenvalue weighted by Gasteiger charge is -2.19. The Labute approximate surface area is 129 Å². The third kappa shape index (κ3) is 3.28. The number of carbonyl (C=O) groups is 1. The molecule has 2 heterocycles. The van der Waals surface area contributed by atoms with Crippen molar-refractivity contribution in [1.82, 2.24) is 19.6 Å². The van der Waals surface area contributed by atoms with Crippen molar-refractivity contribution in [1.29, 1.82) is 0 Å². The zero-order valence-electron chi connectivity index (χ0n) is 13.1. The zero-order chi connectivity index (χ0) is 16.5. The van der Waals surface area contributed by atoms with Crippen LogP contribution in [0.3, 0.4) is 0 Å². The normalized spacial score (nSPS) is 13.5. The van der Waals surface area contributed by atoms with E-state index in [0.717, 1.165) is 6.26 Å². The molecule has 0 aliphatic carbocycles. The number of pyridine rings is 1. The van der Waals surface area contributed by atoms with Crippen LogP contribution in [0.2, 0.25) is 0 Å². The molecule has 2 aromatic heterocycles. The van der Waals surface area contributed by atoms with E-state index in [1.54, 1.807) is 24.4 Å². The Bertz CT molecular complexity index is 796. The van der Waals surface area contributed by atoms with Gasteiger partial charge in [0.2, 0.25) is 15.0 Å². The minimum absolute atomic E-state index is 0.118. The molecule has 2 aromatic rings. The van der Waals surface area contributed by atoms with E-state index >= 15 is 0 Å². The second-order valence-corrected chi connectivity index (χ2v) is 7.40. The fourth-order valence-electron chi connectivity index (χ4n) is 1.95. The number of hydrogen-bond donors (Lipinski definition) is 1. The van der Waals surface area contributed by atoms with Crippen LogP contribution in [-0.2, 0) is 9.84 Å². The molecule has 0 unspecified atom stereocenters. The van der Waals surface area contributed by atoms with Crippen molar-refractivity contribution in [3.8, 4) is 0 Å². The van der Waals surface area contributed by atoms with Gasteiger partial charge in [0, 0.05) is 25.0 Å². The zero-order valence-corrected chi connectivity index (χ0v) is 13.9. The third-order valence-electron chi connectivity index (χ3n) is 3.50. The topological polar surface area (TPSA) is 83.8 Å². The van der Waals surface area contributed by atoms with Crippen molar-refractivity contribution >= 4 is 21.3 Å². The first-order chi connectivity index (χ1) is 10.2. The summed E-state index contributed by atoms with van der Waals surface area (Å²) in [5.74, 6) is -0.382. The van der Waals surface area contributed by atoms with Crippen LogP contribution >= 0.6 is 0 Å². The lowest BCUT2D eigenvalue weighted by atomic mass is 10.3. The van der Waals surface area contributed by atoms with Gasteiger partial charge < -0.3 is 10.2 Å². The third-order valence-corrected chi connectivity index (χ3v) is 4.45. The largest absolute Gasteiger partial charge is 0.349 e. The molecular formula is C14H20N4O3S. The Kier molecular flexibility index (Phi) is 4.52. The van der Waals surface area contributed by atoms with Gasteiger partial charge in [-0.25, -0.2) is 13.4 Å². The fourth-order valence-corrected chi connectivity index (χ4v) is 2.72. The molecule has 0 bridgehead atoms. The van der Waals surface area contributed by atoms with Crippen molar-refractivity contribution < 1.29 is 13.2 Å². The fraction of sp³-hybridized carbons (Fsp3) is 0.429. The van der Waals surface area contributed by atoms with Crippen LogP contribution in [0.15, 0.2) is 29.6 Å². The van der Waals surface area contributed by atoms with Crippen LogP contribution < -0.4 is 5.32 Å². The van der Waals surface area contributed by atoms with E-state index in [4.69, 9.17) is 0 Å². The lowest BCUT2D eigenvalue weighted by Crippen LogP contribution is -2.38. The summed E-state index contributed by atoms with van der Waals surface area (Å²) >= 11 is 0. The Hall–Kier alpha value is -1.93. The van der Waals surface area contributed by atoms with E-state index < -0.39 is 9.84 Å². The summed E-state index contributed by atoms with van der Waals surface area (Å²) in [5, 5.41) is 2.66. The summed E-state index contributed by atoms with van der Waals surface area (Å²) in [6.45, 7) is 2.43. The highest BCUT2D eigenvalue weighted by molar-refractivity contribution is 7.90. The highest BCUT2D eigenvalue weighted by Crippen LogP contribution is 2.16. The average Bonchev–Trinajstić information content (AvgIpc) is 2.83. The van der Waals surface area contributed by atoms with Gasteiger partial charge in [0.15, 0.2) is 5.69 Å². The number of aromatic nitrogens is 2. The Morgan fingerprint density at radius 3 is 2.68 bits per heavy atom.